The topological polar surface area (TPSA) is 35.5 Å². The van der Waals surface area contributed by atoms with Gasteiger partial charge in [0.05, 0.1) is 0 Å². The molecule has 3 nitrogen and oxygen atoms in total. The summed E-state index contributed by atoms with van der Waals surface area (Å²) in [5.74, 6) is 0.311. The molecule has 0 aromatic heterocycles. The molecule has 0 saturated carbocycles. The Labute approximate surface area is 126 Å². The van der Waals surface area contributed by atoms with Crippen LogP contribution in [0.15, 0.2) is 48.5 Å². The van der Waals surface area contributed by atoms with Crippen molar-refractivity contribution in [2.75, 3.05) is 18.4 Å². The smallest absolute Gasteiger partial charge is 0.115 e. The molecule has 0 bridgehead atoms. The molecule has 3 heteroatoms. The maximum absolute atomic E-state index is 9.29. The number of benzene rings is 2. The number of likely N-dealkylation sites (tertiary alicyclic amines) is 1. The maximum Gasteiger partial charge on any atom is 0.115 e. The average Bonchev–Trinajstić information content (AvgIpc) is 3.00. The lowest BCUT2D eigenvalue weighted by Crippen LogP contribution is -2.18. The lowest BCUT2D eigenvalue weighted by atomic mass is 10.1. The molecule has 1 aliphatic heterocycles. The van der Waals surface area contributed by atoms with Gasteiger partial charge in [-0.1, -0.05) is 24.3 Å². The largest absolute Gasteiger partial charge is 0.508 e. The maximum atomic E-state index is 9.29. The van der Waals surface area contributed by atoms with E-state index in [0.29, 0.717) is 5.75 Å². The lowest BCUT2D eigenvalue weighted by molar-refractivity contribution is 0.331. The highest BCUT2D eigenvalue weighted by molar-refractivity contribution is 5.46. The Bertz CT molecular complexity index is 574. The number of rotatable bonds is 5. The van der Waals surface area contributed by atoms with Gasteiger partial charge in [-0.2, -0.15) is 0 Å². The monoisotopic (exact) mass is 282 g/mol. The Morgan fingerprint density at radius 2 is 1.71 bits per heavy atom. The third-order valence-electron chi connectivity index (χ3n) is 3.96. The van der Waals surface area contributed by atoms with Gasteiger partial charge in [-0.05, 0) is 61.3 Å². The second-order valence-corrected chi connectivity index (χ2v) is 5.70. The summed E-state index contributed by atoms with van der Waals surface area (Å²) in [4.78, 5) is 2.51. The Hall–Kier alpha value is -2.00. The molecule has 21 heavy (non-hydrogen) atoms. The molecule has 2 aromatic rings. The van der Waals surface area contributed by atoms with E-state index in [9.17, 15) is 5.11 Å². The molecule has 1 heterocycles. The second-order valence-electron chi connectivity index (χ2n) is 5.70. The summed E-state index contributed by atoms with van der Waals surface area (Å²) < 4.78 is 0. The summed E-state index contributed by atoms with van der Waals surface area (Å²) >= 11 is 0. The van der Waals surface area contributed by atoms with Crippen LogP contribution in [0, 0.1) is 0 Å². The minimum atomic E-state index is 0.311. The minimum absolute atomic E-state index is 0.311. The van der Waals surface area contributed by atoms with Crippen molar-refractivity contribution in [1.82, 2.24) is 4.90 Å². The second kappa shape index (κ2) is 6.64. The summed E-state index contributed by atoms with van der Waals surface area (Å²) in [5.41, 5.74) is 3.69. The van der Waals surface area contributed by atoms with Crippen LogP contribution in [0.2, 0.25) is 0 Å². The van der Waals surface area contributed by atoms with Crippen molar-refractivity contribution in [2.45, 2.75) is 25.9 Å². The zero-order chi connectivity index (χ0) is 14.5. The summed E-state index contributed by atoms with van der Waals surface area (Å²) in [6.45, 7) is 4.28. The van der Waals surface area contributed by atoms with Crippen molar-refractivity contribution in [3.05, 3.63) is 59.7 Å². The fraction of sp³-hybridized carbons (Fsp3) is 0.333. The molecule has 0 amide bonds. The van der Waals surface area contributed by atoms with Crippen molar-refractivity contribution < 1.29 is 5.11 Å². The van der Waals surface area contributed by atoms with Gasteiger partial charge in [0, 0.05) is 18.8 Å². The summed E-state index contributed by atoms with van der Waals surface area (Å²) in [5, 5.41) is 12.7. The molecule has 110 valence electrons. The van der Waals surface area contributed by atoms with Crippen LogP contribution in [0.5, 0.6) is 5.75 Å². The number of aromatic hydroxyl groups is 1. The van der Waals surface area contributed by atoms with Gasteiger partial charge in [-0.15, -0.1) is 0 Å². The van der Waals surface area contributed by atoms with Crippen LogP contribution in [-0.4, -0.2) is 23.1 Å². The molecule has 1 aliphatic rings. The van der Waals surface area contributed by atoms with Crippen molar-refractivity contribution in [3.63, 3.8) is 0 Å². The van der Waals surface area contributed by atoms with Crippen LogP contribution < -0.4 is 5.32 Å². The van der Waals surface area contributed by atoms with Crippen molar-refractivity contribution in [2.24, 2.45) is 0 Å². The summed E-state index contributed by atoms with van der Waals surface area (Å²) in [6.07, 6.45) is 2.66. The number of anilines is 1. The van der Waals surface area contributed by atoms with Crippen LogP contribution in [-0.2, 0) is 13.1 Å². The van der Waals surface area contributed by atoms with Gasteiger partial charge in [0.2, 0.25) is 0 Å². The normalized spacial score (nSPS) is 15.2. The van der Waals surface area contributed by atoms with E-state index in [-0.39, 0.29) is 0 Å². The first-order valence-corrected chi connectivity index (χ1v) is 7.63. The first kappa shape index (κ1) is 14.0. The van der Waals surface area contributed by atoms with E-state index in [0.717, 1.165) is 24.3 Å². The van der Waals surface area contributed by atoms with Gasteiger partial charge in [0.25, 0.3) is 0 Å². The van der Waals surface area contributed by atoms with Gasteiger partial charge in [-0.3, -0.25) is 4.90 Å². The molecular formula is C18H22N2O. The summed E-state index contributed by atoms with van der Waals surface area (Å²) in [7, 11) is 0. The van der Waals surface area contributed by atoms with Crippen molar-refractivity contribution in [3.8, 4) is 5.75 Å². The molecular weight excluding hydrogens is 260 g/mol. The number of nitrogens with zero attached hydrogens (tertiary/aromatic N) is 1. The highest BCUT2D eigenvalue weighted by Gasteiger charge is 2.11. The van der Waals surface area contributed by atoms with E-state index in [1.165, 1.54) is 31.5 Å². The molecule has 0 spiro atoms. The molecule has 2 N–H and O–H groups in total. The number of hydrogen-bond donors (Lipinski definition) is 2. The predicted molar refractivity (Wildman–Crippen MR) is 86.4 cm³/mol. The standard InChI is InChI=1S/C18H22N2O/c21-18-8-6-15(7-9-18)13-19-17-5-3-4-16(12-17)14-20-10-1-2-11-20/h3-9,12,19,21H,1-2,10-11,13-14H2. The van der Waals surface area contributed by atoms with Crippen LogP contribution in [0.4, 0.5) is 5.69 Å². The number of phenols is 1. The number of nitrogens with one attached hydrogen (secondary N) is 1. The SMILES string of the molecule is Oc1ccc(CNc2cccc(CN3CCCC3)c2)cc1. The van der Waals surface area contributed by atoms with E-state index in [1.807, 2.05) is 12.1 Å². The van der Waals surface area contributed by atoms with Gasteiger partial charge in [0.1, 0.15) is 5.75 Å². The Morgan fingerprint density at radius 3 is 2.48 bits per heavy atom. The Balaban J connectivity index is 1.58. The van der Waals surface area contributed by atoms with E-state index in [4.69, 9.17) is 0 Å². The zero-order valence-electron chi connectivity index (χ0n) is 12.3. The van der Waals surface area contributed by atoms with Crippen molar-refractivity contribution >= 4 is 5.69 Å². The van der Waals surface area contributed by atoms with E-state index in [1.54, 1.807) is 12.1 Å². The minimum Gasteiger partial charge on any atom is -0.508 e. The van der Waals surface area contributed by atoms with Gasteiger partial charge < -0.3 is 10.4 Å². The summed E-state index contributed by atoms with van der Waals surface area (Å²) in [6, 6.07) is 16.0. The van der Waals surface area contributed by atoms with Crippen molar-refractivity contribution in [1.29, 1.82) is 0 Å². The highest BCUT2D eigenvalue weighted by atomic mass is 16.3. The molecule has 1 saturated heterocycles. The molecule has 1 fully saturated rings. The molecule has 0 radical (unpaired) electrons. The van der Waals surface area contributed by atoms with E-state index >= 15 is 0 Å². The third-order valence-corrected chi connectivity index (χ3v) is 3.96. The van der Waals surface area contributed by atoms with E-state index < -0.39 is 0 Å². The Morgan fingerprint density at radius 1 is 0.952 bits per heavy atom. The highest BCUT2D eigenvalue weighted by Crippen LogP contribution is 2.17. The number of hydrogen-bond acceptors (Lipinski definition) is 3. The molecule has 0 atom stereocenters. The van der Waals surface area contributed by atoms with Gasteiger partial charge in [-0.25, -0.2) is 0 Å². The number of phenolic OH excluding ortho intramolecular Hbond substituents is 1. The lowest BCUT2D eigenvalue weighted by Gasteiger charge is -2.15. The van der Waals surface area contributed by atoms with Gasteiger partial charge >= 0.3 is 0 Å². The quantitative estimate of drug-likeness (QED) is 0.879. The molecule has 2 aromatic carbocycles. The fourth-order valence-corrected chi connectivity index (χ4v) is 2.80. The molecule has 0 aliphatic carbocycles. The van der Waals surface area contributed by atoms with Crippen LogP contribution >= 0.6 is 0 Å². The van der Waals surface area contributed by atoms with Crippen LogP contribution in [0.1, 0.15) is 24.0 Å². The average molecular weight is 282 g/mol. The first-order valence-electron chi connectivity index (χ1n) is 7.63. The Kier molecular flexibility index (Phi) is 4.41. The van der Waals surface area contributed by atoms with E-state index in [2.05, 4.69) is 34.5 Å². The van der Waals surface area contributed by atoms with Gasteiger partial charge in [0.15, 0.2) is 0 Å². The van der Waals surface area contributed by atoms with Crippen LogP contribution in [0.25, 0.3) is 0 Å². The first-order chi connectivity index (χ1) is 10.3. The molecule has 3 rings (SSSR count). The third kappa shape index (κ3) is 3.99. The van der Waals surface area contributed by atoms with Crippen LogP contribution in [0.3, 0.4) is 0 Å². The molecule has 0 unspecified atom stereocenters. The zero-order valence-corrected chi connectivity index (χ0v) is 12.3. The fourth-order valence-electron chi connectivity index (χ4n) is 2.80. The predicted octanol–water partition coefficient (Wildman–Crippen LogP) is 3.60.